The number of epoxide rings is 1. The molecule has 0 amide bonds. The van der Waals surface area contributed by atoms with Gasteiger partial charge >= 0.3 is 11.9 Å². The quantitative estimate of drug-likeness (QED) is 0.0584. The zero-order chi connectivity index (χ0) is 35.2. The summed E-state index contributed by atoms with van der Waals surface area (Å²) in [6.07, 6.45) is 4.69. The number of carbonyl (C=O) groups is 3. The lowest BCUT2D eigenvalue weighted by molar-refractivity contribution is -0.284. The number of ketones is 1. The van der Waals surface area contributed by atoms with E-state index in [4.69, 9.17) is 14.2 Å². The average molecular weight is 667 g/mol. The number of unbranched alkanes of at least 4 members (excludes halogenated alkanes) is 3. The van der Waals surface area contributed by atoms with Crippen molar-refractivity contribution in [2.75, 3.05) is 6.61 Å². The average Bonchev–Trinajstić information content (AvgIpc) is 3.76. The Kier molecular flexibility index (Phi) is 9.79. The van der Waals surface area contributed by atoms with E-state index in [1.54, 1.807) is 24.3 Å². The molecule has 11 heteroatoms. The van der Waals surface area contributed by atoms with Gasteiger partial charge in [0.15, 0.2) is 17.0 Å². The van der Waals surface area contributed by atoms with Crippen molar-refractivity contribution in [3.05, 3.63) is 84.0 Å². The number of benzene rings is 1. The van der Waals surface area contributed by atoms with Gasteiger partial charge in [0.05, 0.1) is 23.7 Å². The Morgan fingerprint density at radius 2 is 1.75 bits per heavy atom. The number of carbonyl (C=O) groups excluding carboxylic acids is 3. The van der Waals surface area contributed by atoms with Crippen molar-refractivity contribution in [1.82, 2.24) is 0 Å². The Morgan fingerprint density at radius 3 is 2.38 bits per heavy atom. The first-order valence-corrected chi connectivity index (χ1v) is 16.5. The second-order valence-electron chi connectivity index (χ2n) is 13.7. The summed E-state index contributed by atoms with van der Waals surface area (Å²) in [6.45, 7) is 9.53. The lowest BCUT2D eigenvalue weighted by Crippen LogP contribution is -2.76. The highest BCUT2D eigenvalue weighted by Crippen LogP contribution is 2.66. The normalized spacial score (nSPS) is 40.1. The number of fused-ring (bicyclic) bond motifs is 5. The molecule has 1 heterocycles. The molecule has 1 aliphatic heterocycles. The molecule has 5 N–H and O–H groups in total. The molecule has 5 rings (SSSR count). The van der Waals surface area contributed by atoms with Crippen LogP contribution in [0.2, 0.25) is 0 Å². The molecule has 11 atom stereocenters. The first-order valence-electron chi connectivity index (χ1n) is 16.5. The van der Waals surface area contributed by atoms with Gasteiger partial charge < -0.3 is 39.7 Å². The standard InChI is InChI=1S/C37H46O11/c1-6-7-8-9-10-11-15-18-26(39)46-31-27-30-34(20-38,48-30)33(42)37(45)25(19-22(4)28(37)40)36(27,44)23(5)29(35(31,43)21(2)3)47-32(41)24-16-13-12-14-17-24/h10-19,23,25,27,29-31,33,38,42-45H,2,6-9,20H2,1,3-5H3/b11-10+,18-15+/t23-,25+,27+,29-,30+,31-,33-,34+,35+,36+,37-/m1/s1. The molecular formula is C37H46O11. The van der Waals surface area contributed by atoms with E-state index >= 15 is 0 Å². The van der Waals surface area contributed by atoms with E-state index in [2.05, 4.69) is 13.5 Å². The molecule has 0 unspecified atom stereocenters. The third-order valence-corrected chi connectivity index (χ3v) is 10.9. The second-order valence-corrected chi connectivity index (χ2v) is 13.7. The number of aliphatic hydroxyl groups is 5. The van der Waals surface area contributed by atoms with E-state index in [0.717, 1.165) is 31.8 Å². The zero-order valence-electron chi connectivity index (χ0n) is 27.7. The molecular weight excluding hydrogens is 620 g/mol. The van der Waals surface area contributed by atoms with Crippen LogP contribution in [0.25, 0.3) is 0 Å². The minimum atomic E-state index is -2.68. The summed E-state index contributed by atoms with van der Waals surface area (Å²) in [4.78, 5) is 40.5. The summed E-state index contributed by atoms with van der Waals surface area (Å²) in [5.74, 6) is -7.00. The van der Waals surface area contributed by atoms with E-state index in [1.165, 1.54) is 45.1 Å². The highest BCUT2D eigenvalue weighted by Gasteiger charge is 2.85. The third-order valence-electron chi connectivity index (χ3n) is 10.9. The van der Waals surface area contributed by atoms with Crippen molar-refractivity contribution in [2.45, 2.75) is 100 Å². The van der Waals surface area contributed by atoms with Crippen LogP contribution in [0, 0.1) is 17.8 Å². The van der Waals surface area contributed by atoms with Gasteiger partial charge in [-0.05, 0) is 50.0 Å². The van der Waals surface area contributed by atoms with E-state index < -0.39 is 88.9 Å². The van der Waals surface area contributed by atoms with Gasteiger partial charge in [-0.2, -0.15) is 0 Å². The van der Waals surface area contributed by atoms with E-state index in [-0.39, 0.29) is 16.7 Å². The van der Waals surface area contributed by atoms with Crippen LogP contribution < -0.4 is 0 Å². The molecule has 0 aromatic heterocycles. The number of rotatable bonds is 11. The smallest absolute Gasteiger partial charge is 0.338 e. The largest absolute Gasteiger partial charge is 0.455 e. The number of hydrogen-bond donors (Lipinski definition) is 5. The fourth-order valence-corrected chi connectivity index (χ4v) is 8.16. The number of ether oxygens (including phenoxy) is 3. The van der Waals surface area contributed by atoms with Gasteiger partial charge in [-0.25, -0.2) is 9.59 Å². The van der Waals surface area contributed by atoms with E-state index in [9.17, 15) is 39.9 Å². The minimum absolute atomic E-state index is 0.0180. The van der Waals surface area contributed by atoms with Crippen LogP contribution >= 0.6 is 0 Å². The Labute approximate surface area is 280 Å². The van der Waals surface area contributed by atoms with Gasteiger partial charge in [-0.15, -0.1) is 0 Å². The number of esters is 2. The molecule has 3 fully saturated rings. The van der Waals surface area contributed by atoms with Crippen molar-refractivity contribution in [1.29, 1.82) is 0 Å². The van der Waals surface area contributed by atoms with Crippen molar-refractivity contribution < 1.29 is 54.1 Å². The fraction of sp³-hybridized carbons (Fsp3) is 0.541. The van der Waals surface area contributed by atoms with Crippen molar-refractivity contribution >= 4 is 17.7 Å². The summed E-state index contributed by atoms with van der Waals surface area (Å²) in [7, 11) is 0. The maximum atomic E-state index is 13.6. The Balaban J connectivity index is 1.65. The first-order chi connectivity index (χ1) is 22.7. The molecule has 11 nitrogen and oxygen atoms in total. The van der Waals surface area contributed by atoms with E-state index in [1.807, 2.05) is 6.08 Å². The Hall–Kier alpha value is -3.45. The predicted molar refractivity (Wildman–Crippen MR) is 173 cm³/mol. The van der Waals surface area contributed by atoms with Gasteiger partial charge in [-0.3, -0.25) is 4.79 Å². The van der Waals surface area contributed by atoms with Crippen molar-refractivity contribution in [3.63, 3.8) is 0 Å². The summed E-state index contributed by atoms with van der Waals surface area (Å²) in [5.41, 5.74) is -9.14. The highest BCUT2D eigenvalue weighted by atomic mass is 16.6. The Bertz CT molecular complexity index is 1530. The summed E-state index contributed by atoms with van der Waals surface area (Å²) < 4.78 is 17.8. The lowest BCUT2D eigenvalue weighted by atomic mass is 9.53. The second kappa shape index (κ2) is 13.1. The molecule has 260 valence electrons. The first kappa shape index (κ1) is 35.8. The maximum absolute atomic E-state index is 13.6. The number of aliphatic hydroxyl groups excluding tert-OH is 2. The van der Waals surface area contributed by atoms with Crippen molar-refractivity contribution in [3.8, 4) is 0 Å². The van der Waals surface area contributed by atoms with Crippen LogP contribution in [0.4, 0.5) is 0 Å². The Morgan fingerprint density at radius 1 is 1.06 bits per heavy atom. The van der Waals surface area contributed by atoms with Crippen LogP contribution in [0.5, 0.6) is 0 Å². The minimum Gasteiger partial charge on any atom is -0.455 e. The molecule has 48 heavy (non-hydrogen) atoms. The van der Waals surface area contributed by atoms with Crippen LogP contribution in [0.3, 0.4) is 0 Å². The number of Topliss-reactive ketones (excluding diaryl/α,β-unsaturated/α-hetero) is 1. The number of allylic oxidation sites excluding steroid dienone is 3. The van der Waals surface area contributed by atoms with Crippen LogP contribution in [0.1, 0.15) is 63.7 Å². The fourth-order valence-electron chi connectivity index (χ4n) is 8.16. The SMILES string of the molecule is C=C(C)[C@@]1(O)[C@H](OC(=O)/C=C/C=C/CCCCC)[C@@H]2[C@@H]3O[C@]3(CO)[C@@H](O)[C@]3(O)C(=O)C(C)=C[C@H]3[C@@]2(O)[C@H](C)[C@H]1OC(=O)c1ccccc1. The van der Waals surface area contributed by atoms with Gasteiger partial charge in [0.25, 0.3) is 0 Å². The molecule has 1 aromatic rings. The summed E-state index contributed by atoms with van der Waals surface area (Å²) >= 11 is 0. The van der Waals surface area contributed by atoms with Crippen LogP contribution in [-0.4, -0.2) is 96.7 Å². The molecule has 1 saturated heterocycles. The molecule has 0 spiro atoms. The van der Waals surface area contributed by atoms with Gasteiger partial charge in [0.2, 0.25) is 0 Å². The molecule has 0 bridgehead atoms. The van der Waals surface area contributed by atoms with Crippen molar-refractivity contribution in [2.24, 2.45) is 17.8 Å². The number of hydrogen-bond acceptors (Lipinski definition) is 11. The molecule has 1 aromatic carbocycles. The van der Waals surface area contributed by atoms with Gasteiger partial charge in [0.1, 0.15) is 30.0 Å². The van der Waals surface area contributed by atoms with Gasteiger partial charge in [0, 0.05) is 17.9 Å². The summed E-state index contributed by atoms with van der Waals surface area (Å²) in [6, 6.07) is 7.94. The molecule has 0 radical (unpaired) electrons. The van der Waals surface area contributed by atoms with E-state index in [0.29, 0.717) is 0 Å². The lowest BCUT2D eigenvalue weighted by Gasteiger charge is -2.59. The monoisotopic (exact) mass is 666 g/mol. The predicted octanol–water partition coefficient (Wildman–Crippen LogP) is 2.50. The van der Waals surface area contributed by atoms with Crippen LogP contribution in [0.15, 0.2) is 78.4 Å². The highest BCUT2D eigenvalue weighted by molar-refractivity contribution is 6.05. The molecule has 3 aliphatic carbocycles. The third kappa shape index (κ3) is 5.32. The molecule has 4 aliphatic rings. The zero-order valence-corrected chi connectivity index (χ0v) is 27.7. The topological polar surface area (TPSA) is 183 Å². The maximum Gasteiger partial charge on any atom is 0.338 e. The molecule has 2 saturated carbocycles. The van der Waals surface area contributed by atoms with Gasteiger partial charge in [-0.1, -0.05) is 75.8 Å². The summed E-state index contributed by atoms with van der Waals surface area (Å²) in [5, 5.41) is 59.9. The van der Waals surface area contributed by atoms with Crippen LogP contribution in [-0.2, 0) is 23.8 Å².